The van der Waals surface area contributed by atoms with E-state index in [1.165, 1.54) is 4.90 Å². The molecular weight excluding hydrogens is 206 g/mol. The first-order chi connectivity index (χ1) is 7.56. The maximum Gasteiger partial charge on any atom is 0.253 e. The number of carbonyl (C=O) groups is 1. The number of nitrogens with zero attached hydrogens (tertiary/aromatic N) is 1. The summed E-state index contributed by atoms with van der Waals surface area (Å²) in [7, 11) is 3.38. The quantitative estimate of drug-likeness (QED) is 0.645. The summed E-state index contributed by atoms with van der Waals surface area (Å²) >= 11 is 0. The third-order valence-electron chi connectivity index (χ3n) is 2.13. The zero-order chi connectivity index (χ0) is 12.1. The highest BCUT2D eigenvalue weighted by molar-refractivity contribution is 5.95. The Kier molecular flexibility index (Phi) is 4.13. The van der Waals surface area contributed by atoms with Gasteiger partial charge in [-0.1, -0.05) is 0 Å². The molecule has 0 bridgehead atoms. The standard InChI is InChI=1S/C11H17N3O2/c1-14(2)11(16)8-3-4-10(9(12)7-8)13-5-6-15/h3-4,7,13,15H,5-6,12H2,1-2H3. The summed E-state index contributed by atoms with van der Waals surface area (Å²) in [6.07, 6.45) is 0. The molecule has 4 N–H and O–H groups in total. The lowest BCUT2D eigenvalue weighted by molar-refractivity contribution is 0.0827. The van der Waals surface area contributed by atoms with E-state index < -0.39 is 0 Å². The van der Waals surface area contributed by atoms with Crippen LogP contribution >= 0.6 is 0 Å². The predicted octanol–water partition coefficient (Wildman–Crippen LogP) is 0.375. The van der Waals surface area contributed by atoms with Crippen LogP contribution in [0.1, 0.15) is 10.4 Å². The molecule has 5 heteroatoms. The Morgan fingerprint density at radius 1 is 1.50 bits per heavy atom. The molecule has 0 saturated heterocycles. The average Bonchev–Trinajstić information content (AvgIpc) is 2.26. The highest BCUT2D eigenvalue weighted by atomic mass is 16.3. The topological polar surface area (TPSA) is 78.6 Å². The maximum atomic E-state index is 11.6. The number of hydrogen-bond donors (Lipinski definition) is 3. The van der Waals surface area contributed by atoms with Crippen LogP contribution in [-0.2, 0) is 0 Å². The lowest BCUT2D eigenvalue weighted by Crippen LogP contribution is -2.21. The van der Waals surface area contributed by atoms with Gasteiger partial charge in [-0.05, 0) is 18.2 Å². The first-order valence-electron chi connectivity index (χ1n) is 5.02. The molecule has 0 aromatic heterocycles. The summed E-state index contributed by atoms with van der Waals surface area (Å²) in [5.74, 6) is -0.0830. The molecule has 5 nitrogen and oxygen atoms in total. The van der Waals surface area contributed by atoms with E-state index in [-0.39, 0.29) is 12.5 Å². The SMILES string of the molecule is CN(C)C(=O)c1ccc(NCCO)c(N)c1. The van der Waals surface area contributed by atoms with Gasteiger partial charge >= 0.3 is 0 Å². The Morgan fingerprint density at radius 2 is 2.19 bits per heavy atom. The van der Waals surface area contributed by atoms with Crippen molar-refractivity contribution in [2.75, 3.05) is 38.3 Å². The van der Waals surface area contributed by atoms with Gasteiger partial charge in [-0.3, -0.25) is 4.79 Å². The van der Waals surface area contributed by atoms with Crippen molar-refractivity contribution in [3.05, 3.63) is 23.8 Å². The summed E-state index contributed by atoms with van der Waals surface area (Å²) in [6, 6.07) is 5.07. The van der Waals surface area contributed by atoms with E-state index in [1.807, 2.05) is 0 Å². The molecule has 0 heterocycles. The lowest BCUT2D eigenvalue weighted by atomic mass is 10.1. The van der Waals surface area contributed by atoms with Crippen LogP contribution in [0.4, 0.5) is 11.4 Å². The zero-order valence-electron chi connectivity index (χ0n) is 9.53. The Bertz CT molecular complexity index is 377. The third-order valence-corrected chi connectivity index (χ3v) is 2.13. The molecule has 0 aliphatic heterocycles. The molecule has 0 fully saturated rings. The van der Waals surface area contributed by atoms with Gasteiger partial charge in [0.15, 0.2) is 0 Å². The van der Waals surface area contributed by atoms with Crippen molar-refractivity contribution in [1.29, 1.82) is 0 Å². The average molecular weight is 223 g/mol. The summed E-state index contributed by atoms with van der Waals surface area (Å²) in [4.78, 5) is 13.1. The van der Waals surface area contributed by atoms with Crippen LogP contribution in [-0.4, -0.2) is 43.2 Å². The molecule has 0 saturated carbocycles. The molecule has 0 radical (unpaired) electrons. The number of carbonyl (C=O) groups excluding carboxylic acids is 1. The predicted molar refractivity (Wildman–Crippen MR) is 64.4 cm³/mol. The lowest BCUT2D eigenvalue weighted by Gasteiger charge is -2.13. The van der Waals surface area contributed by atoms with Gasteiger partial charge in [0.1, 0.15) is 0 Å². The molecule has 16 heavy (non-hydrogen) atoms. The minimum absolute atomic E-state index is 0.0395. The van der Waals surface area contributed by atoms with Gasteiger partial charge in [0.25, 0.3) is 5.91 Å². The van der Waals surface area contributed by atoms with Crippen molar-refractivity contribution in [3.8, 4) is 0 Å². The number of anilines is 2. The largest absolute Gasteiger partial charge is 0.397 e. The Morgan fingerprint density at radius 3 is 2.69 bits per heavy atom. The van der Waals surface area contributed by atoms with E-state index in [4.69, 9.17) is 10.8 Å². The van der Waals surface area contributed by atoms with Crippen molar-refractivity contribution in [2.45, 2.75) is 0 Å². The van der Waals surface area contributed by atoms with E-state index in [1.54, 1.807) is 32.3 Å². The zero-order valence-corrected chi connectivity index (χ0v) is 9.53. The number of nitrogens with two attached hydrogens (primary N) is 1. The molecule has 88 valence electrons. The van der Waals surface area contributed by atoms with Crippen molar-refractivity contribution < 1.29 is 9.90 Å². The first kappa shape index (κ1) is 12.3. The highest BCUT2D eigenvalue weighted by Crippen LogP contribution is 2.20. The summed E-state index contributed by atoms with van der Waals surface area (Å²) < 4.78 is 0. The second-order valence-electron chi connectivity index (χ2n) is 3.65. The number of benzene rings is 1. The number of aliphatic hydroxyl groups is 1. The van der Waals surface area contributed by atoms with Crippen LogP contribution in [0.5, 0.6) is 0 Å². The van der Waals surface area contributed by atoms with Crippen LogP contribution in [0.3, 0.4) is 0 Å². The Hall–Kier alpha value is -1.75. The van der Waals surface area contributed by atoms with Crippen LogP contribution in [0.15, 0.2) is 18.2 Å². The Labute approximate surface area is 94.9 Å². The van der Waals surface area contributed by atoms with Gasteiger partial charge in [-0.25, -0.2) is 0 Å². The van der Waals surface area contributed by atoms with Crippen molar-refractivity contribution >= 4 is 17.3 Å². The second kappa shape index (κ2) is 5.37. The highest BCUT2D eigenvalue weighted by Gasteiger charge is 2.09. The molecule has 1 aromatic rings. The minimum atomic E-state index is -0.0830. The van der Waals surface area contributed by atoms with E-state index in [0.717, 1.165) is 5.69 Å². The van der Waals surface area contributed by atoms with Crippen molar-refractivity contribution in [3.63, 3.8) is 0 Å². The van der Waals surface area contributed by atoms with Crippen LogP contribution < -0.4 is 11.1 Å². The number of aliphatic hydroxyl groups excluding tert-OH is 1. The summed E-state index contributed by atoms with van der Waals surface area (Å²) in [6.45, 7) is 0.475. The maximum absolute atomic E-state index is 11.6. The molecular formula is C11H17N3O2. The fourth-order valence-electron chi connectivity index (χ4n) is 1.31. The number of rotatable bonds is 4. The smallest absolute Gasteiger partial charge is 0.253 e. The molecule has 0 atom stereocenters. The molecule has 1 aromatic carbocycles. The van der Waals surface area contributed by atoms with E-state index in [9.17, 15) is 4.79 Å². The van der Waals surface area contributed by atoms with Crippen molar-refractivity contribution in [1.82, 2.24) is 4.90 Å². The van der Waals surface area contributed by atoms with Gasteiger partial charge in [-0.15, -0.1) is 0 Å². The second-order valence-corrected chi connectivity index (χ2v) is 3.65. The number of amides is 1. The first-order valence-corrected chi connectivity index (χ1v) is 5.02. The van der Waals surface area contributed by atoms with Crippen LogP contribution in [0.25, 0.3) is 0 Å². The minimum Gasteiger partial charge on any atom is -0.397 e. The van der Waals surface area contributed by atoms with Gasteiger partial charge < -0.3 is 21.1 Å². The van der Waals surface area contributed by atoms with E-state index in [2.05, 4.69) is 5.32 Å². The van der Waals surface area contributed by atoms with Gasteiger partial charge in [0.2, 0.25) is 0 Å². The van der Waals surface area contributed by atoms with Crippen molar-refractivity contribution in [2.24, 2.45) is 0 Å². The fraction of sp³-hybridized carbons (Fsp3) is 0.364. The van der Waals surface area contributed by atoms with Gasteiger partial charge in [-0.2, -0.15) is 0 Å². The van der Waals surface area contributed by atoms with Crippen LogP contribution in [0, 0.1) is 0 Å². The van der Waals surface area contributed by atoms with E-state index in [0.29, 0.717) is 17.8 Å². The molecule has 1 rings (SSSR count). The third kappa shape index (κ3) is 2.87. The number of nitrogens with one attached hydrogen (secondary N) is 1. The van der Waals surface area contributed by atoms with Gasteiger partial charge in [0.05, 0.1) is 18.0 Å². The summed E-state index contributed by atoms with van der Waals surface area (Å²) in [5.41, 5.74) is 7.57. The normalized spacial score (nSPS) is 9.94. The van der Waals surface area contributed by atoms with E-state index >= 15 is 0 Å². The molecule has 0 aliphatic rings. The molecule has 0 spiro atoms. The fourth-order valence-corrected chi connectivity index (χ4v) is 1.31. The number of nitrogen functional groups attached to an aromatic ring is 1. The van der Waals surface area contributed by atoms with Gasteiger partial charge in [0, 0.05) is 26.2 Å². The van der Waals surface area contributed by atoms with Crippen LogP contribution in [0.2, 0.25) is 0 Å². The molecule has 0 aliphatic carbocycles. The summed E-state index contributed by atoms with van der Waals surface area (Å²) in [5, 5.41) is 11.6. The molecule has 1 amide bonds. The molecule has 0 unspecified atom stereocenters. The Balaban J connectivity index is 2.86. The number of hydrogen-bond acceptors (Lipinski definition) is 4. The monoisotopic (exact) mass is 223 g/mol.